The molecule has 7 heteroatoms. The van der Waals surface area contributed by atoms with Gasteiger partial charge in [0, 0.05) is 7.05 Å². The van der Waals surface area contributed by atoms with Gasteiger partial charge in [0.15, 0.2) is 5.82 Å². The molecule has 0 unspecified atom stereocenters. The Morgan fingerprint density at radius 1 is 1.75 bits per heavy atom. The molecule has 1 amide bonds. The van der Waals surface area contributed by atoms with E-state index in [9.17, 15) is 9.59 Å². The first kappa shape index (κ1) is 11.6. The molecule has 0 fully saturated rings. The number of rotatable bonds is 4. The number of hydrogen-bond donors (Lipinski definition) is 3. The van der Waals surface area contributed by atoms with E-state index in [-0.39, 0.29) is 24.0 Å². The molecule has 0 spiro atoms. The lowest BCUT2D eigenvalue weighted by molar-refractivity contribution is -0.105. The summed E-state index contributed by atoms with van der Waals surface area (Å²) in [6.45, 7) is 0.211. The molecular formula is C9H11N5O2. The molecule has 1 aromatic rings. The van der Waals surface area contributed by atoms with Crippen LogP contribution in [0.25, 0.3) is 0 Å². The molecule has 0 aromatic carbocycles. The Bertz CT molecular complexity index is 488. The standard InChI is InChI=1S/C9H11N5O2/c1-3-4-14(2)6-7(11-5-15)12-9(10)13-8(6)16/h1,5H,4H2,2H3,(H4,10,11,12,13,15,16). The topological polar surface area (TPSA) is 104 Å². The van der Waals surface area contributed by atoms with Crippen molar-refractivity contribution in [2.45, 2.75) is 0 Å². The van der Waals surface area contributed by atoms with Crippen LogP contribution in [-0.4, -0.2) is 30.0 Å². The van der Waals surface area contributed by atoms with Crippen LogP contribution in [0.3, 0.4) is 0 Å². The number of hydrogen-bond acceptors (Lipinski definition) is 5. The Morgan fingerprint density at radius 3 is 3.00 bits per heavy atom. The predicted octanol–water partition coefficient (Wildman–Crippen LogP) is -1.01. The third-order valence-corrected chi connectivity index (χ3v) is 1.82. The van der Waals surface area contributed by atoms with Crippen molar-refractivity contribution in [2.24, 2.45) is 0 Å². The third-order valence-electron chi connectivity index (χ3n) is 1.82. The number of carbonyl (C=O) groups is 1. The zero-order valence-electron chi connectivity index (χ0n) is 8.65. The van der Waals surface area contributed by atoms with Gasteiger partial charge in [-0.15, -0.1) is 6.42 Å². The van der Waals surface area contributed by atoms with Crippen LogP contribution in [0, 0.1) is 12.3 Å². The lowest BCUT2D eigenvalue weighted by Gasteiger charge is -2.17. The van der Waals surface area contributed by atoms with Gasteiger partial charge in [-0.2, -0.15) is 4.98 Å². The SMILES string of the molecule is C#CCN(C)c1c(NC=O)nc(N)[nH]c1=O. The van der Waals surface area contributed by atoms with Crippen molar-refractivity contribution in [3.8, 4) is 12.3 Å². The van der Waals surface area contributed by atoms with Crippen molar-refractivity contribution in [3.05, 3.63) is 10.4 Å². The number of amides is 1. The number of anilines is 3. The van der Waals surface area contributed by atoms with Crippen LogP contribution < -0.4 is 21.5 Å². The smallest absolute Gasteiger partial charge is 0.278 e. The maximum Gasteiger partial charge on any atom is 0.278 e. The summed E-state index contributed by atoms with van der Waals surface area (Å²) in [7, 11) is 1.61. The molecule has 4 N–H and O–H groups in total. The maximum atomic E-state index is 11.6. The van der Waals surface area contributed by atoms with Gasteiger partial charge in [-0.25, -0.2) is 0 Å². The fraction of sp³-hybridized carbons (Fsp3) is 0.222. The van der Waals surface area contributed by atoms with E-state index in [1.54, 1.807) is 7.05 Å². The van der Waals surface area contributed by atoms with Gasteiger partial charge in [-0.05, 0) is 0 Å². The summed E-state index contributed by atoms with van der Waals surface area (Å²) in [6, 6.07) is 0. The Labute approximate surface area is 91.7 Å². The Balaban J connectivity index is 3.29. The molecule has 0 radical (unpaired) electrons. The van der Waals surface area contributed by atoms with Gasteiger partial charge in [-0.1, -0.05) is 5.92 Å². The number of terminal acetylenes is 1. The van der Waals surface area contributed by atoms with Crippen molar-refractivity contribution < 1.29 is 4.79 Å². The van der Waals surface area contributed by atoms with E-state index in [1.807, 2.05) is 0 Å². The van der Waals surface area contributed by atoms with Crippen LogP contribution in [0.1, 0.15) is 0 Å². The monoisotopic (exact) mass is 221 g/mol. The van der Waals surface area contributed by atoms with Crippen LogP contribution in [0.2, 0.25) is 0 Å². The van der Waals surface area contributed by atoms with Crippen molar-refractivity contribution in [3.63, 3.8) is 0 Å². The van der Waals surface area contributed by atoms with Crippen LogP contribution in [0.15, 0.2) is 4.79 Å². The first-order valence-electron chi connectivity index (χ1n) is 4.34. The van der Waals surface area contributed by atoms with E-state index >= 15 is 0 Å². The average Bonchev–Trinajstić information content (AvgIpc) is 2.17. The molecule has 0 aliphatic rings. The molecule has 0 aliphatic heterocycles. The number of nitrogen functional groups attached to an aromatic ring is 1. The van der Waals surface area contributed by atoms with Crippen LogP contribution in [-0.2, 0) is 4.79 Å². The highest BCUT2D eigenvalue weighted by molar-refractivity contribution is 5.78. The molecule has 1 aromatic heterocycles. The molecule has 7 nitrogen and oxygen atoms in total. The summed E-state index contributed by atoms with van der Waals surface area (Å²) in [5, 5.41) is 2.30. The number of carbonyl (C=O) groups excluding carboxylic acids is 1. The van der Waals surface area contributed by atoms with Gasteiger partial charge in [0.2, 0.25) is 12.4 Å². The second kappa shape index (κ2) is 4.84. The number of aromatic amines is 1. The summed E-state index contributed by atoms with van der Waals surface area (Å²) < 4.78 is 0. The molecule has 1 heterocycles. The van der Waals surface area contributed by atoms with Crippen LogP contribution >= 0.6 is 0 Å². The number of nitrogens with two attached hydrogens (primary N) is 1. The molecule has 16 heavy (non-hydrogen) atoms. The molecule has 0 aliphatic carbocycles. The normalized spacial score (nSPS) is 9.25. The van der Waals surface area contributed by atoms with Crippen LogP contribution in [0.4, 0.5) is 17.5 Å². The van der Waals surface area contributed by atoms with E-state index in [1.165, 1.54) is 4.90 Å². The Kier molecular flexibility index (Phi) is 3.50. The molecular weight excluding hydrogens is 210 g/mol. The molecule has 0 saturated carbocycles. The van der Waals surface area contributed by atoms with Crippen LogP contribution in [0.5, 0.6) is 0 Å². The zero-order valence-corrected chi connectivity index (χ0v) is 8.65. The van der Waals surface area contributed by atoms with E-state index in [0.717, 1.165) is 0 Å². The first-order valence-corrected chi connectivity index (χ1v) is 4.34. The Morgan fingerprint density at radius 2 is 2.44 bits per heavy atom. The van der Waals surface area contributed by atoms with E-state index in [2.05, 4.69) is 21.2 Å². The number of nitrogens with zero attached hydrogens (tertiary/aromatic N) is 2. The highest BCUT2D eigenvalue weighted by atomic mass is 16.1. The van der Waals surface area contributed by atoms with Crippen molar-refractivity contribution >= 4 is 23.9 Å². The highest BCUT2D eigenvalue weighted by Gasteiger charge is 2.13. The van der Waals surface area contributed by atoms with Gasteiger partial charge in [0.05, 0.1) is 6.54 Å². The summed E-state index contributed by atoms with van der Waals surface area (Å²) in [6.07, 6.45) is 5.54. The van der Waals surface area contributed by atoms with E-state index in [4.69, 9.17) is 12.2 Å². The quantitative estimate of drug-likeness (QED) is 0.446. The van der Waals surface area contributed by atoms with Gasteiger partial charge in [-0.3, -0.25) is 14.6 Å². The summed E-state index contributed by atoms with van der Waals surface area (Å²) in [5.74, 6) is 2.38. The number of aromatic nitrogens is 2. The van der Waals surface area contributed by atoms with E-state index < -0.39 is 5.56 Å². The van der Waals surface area contributed by atoms with Crippen molar-refractivity contribution in [2.75, 3.05) is 29.5 Å². The minimum Gasteiger partial charge on any atom is -0.369 e. The maximum absolute atomic E-state index is 11.6. The average molecular weight is 221 g/mol. The summed E-state index contributed by atoms with van der Waals surface area (Å²) in [5.41, 5.74) is 5.05. The minimum atomic E-state index is -0.463. The lowest BCUT2D eigenvalue weighted by Crippen LogP contribution is -2.28. The number of H-pyrrole nitrogens is 1. The summed E-state index contributed by atoms with van der Waals surface area (Å²) >= 11 is 0. The first-order chi connectivity index (χ1) is 7.60. The predicted molar refractivity (Wildman–Crippen MR) is 61.1 cm³/mol. The highest BCUT2D eigenvalue weighted by Crippen LogP contribution is 2.16. The molecule has 0 atom stereocenters. The second-order valence-corrected chi connectivity index (χ2v) is 2.97. The minimum absolute atomic E-state index is 0.0767. The van der Waals surface area contributed by atoms with Gasteiger partial charge < -0.3 is 16.0 Å². The van der Waals surface area contributed by atoms with Gasteiger partial charge >= 0.3 is 0 Å². The molecule has 0 saturated heterocycles. The molecule has 1 rings (SSSR count). The largest absolute Gasteiger partial charge is 0.369 e. The van der Waals surface area contributed by atoms with Gasteiger partial charge in [0.25, 0.3) is 5.56 Å². The van der Waals surface area contributed by atoms with Crippen molar-refractivity contribution in [1.82, 2.24) is 9.97 Å². The summed E-state index contributed by atoms with van der Waals surface area (Å²) in [4.78, 5) is 29.6. The fourth-order valence-electron chi connectivity index (χ4n) is 1.21. The van der Waals surface area contributed by atoms with Gasteiger partial charge in [0.1, 0.15) is 5.69 Å². The van der Waals surface area contributed by atoms with E-state index in [0.29, 0.717) is 6.41 Å². The third kappa shape index (κ3) is 2.30. The molecule has 84 valence electrons. The Hall–Kier alpha value is -2.49. The molecule has 0 bridgehead atoms. The zero-order chi connectivity index (χ0) is 12.1. The second-order valence-electron chi connectivity index (χ2n) is 2.97. The van der Waals surface area contributed by atoms with Crippen molar-refractivity contribution in [1.29, 1.82) is 0 Å². The lowest BCUT2D eigenvalue weighted by atomic mass is 10.4. The number of nitrogens with one attached hydrogen (secondary N) is 2. The fourth-order valence-corrected chi connectivity index (χ4v) is 1.21.